The molecule has 3 heterocycles. The summed E-state index contributed by atoms with van der Waals surface area (Å²) < 4.78 is 5.38. The van der Waals surface area contributed by atoms with Crippen molar-refractivity contribution < 1.29 is 9.53 Å². The molecule has 1 fully saturated rings. The molecule has 0 spiro atoms. The van der Waals surface area contributed by atoms with Gasteiger partial charge in [-0.3, -0.25) is 4.79 Å². The van der Waals surface area contributed by atoms with E-state index in [1.54, 1.807) is 11.3 Å². The lowest BCUT2D eigenvalue weighted by Gasteiger charge is -2.28. The van der Waals surface area contributed by atoms with Crippen LogP contribution in [0.2, 0.25) is 0 Å². The van der Waals surface area contributed by atoms with E-state index in [0.29, 0.717) is 31.9 Å². The fourth-order valence-electron chi connectivity index (χ4n) is 3.19. The van der Waals surface area contributed by atoms with Crippen LogP contribution in [0.15, 0.2) is 41.8 Å². The molecule has 0 saturated carbocycles. The first-order valence-corrected chi connectivity index (χ1v) is 8.94. The van der Waals surface area contributed by atoms with Gasteiger partial charge in [-0.05, 0) is 23.9 Å². The molecule has 24 heavy (non-hydrogen) atoms. The zero-order chi connectivity index (χ0) is 16.5. The van der Waals surface area contributed by atoms with Crippen molar-refractivity contribution in [3.8, 4) is 11.1 Å². The van der Waals surface area contributed by atoms with Gasteiger partial charge >= 0.3 is 0 Å². The molecule has 5 heteroatoms. The van der Waals surface area contributed by atoms with Crippen molar-refractivity contribution in [1.29, 1.82) is 0 Å². The van der Waals surface area contributed by atoms with Crippen LogP contribution in [0.5, 0.6) is 0 Å². The minimum atomic E-state index is 0.0512. The summed E-state index contributed by atoms with van der Waals surface area (Å²) in [7, 11) is 0. The van der Waals surface area contributed by atoms with Crippen molar-refractivity contribution in [3.63, 3.8) is 0 Å². The Labute approximate surface area is 144 Å². The first-order valence-electron chi connectivity index (χ1n) is 8.06. The Morgan fingerprint density at radius 3 is 2.67 bits per heavy atom. The van der Waals surface area contributed by atoms with Gasteiger partial charge in [-0.2, -0.15) is 0 Å². The molecule has 0 N–H and O–H groups in total. The van der Waals surface area contributed by atoms with Gasteiger partial charge < -0.3 is 9.64 Å². The van der Waals surface area contributed by atoms with E-state index in [0.717, 1.165) is 27.0 Å². The number of benzene rings is 1. The number of hydrogen-bond donors (Lipinski definition) is 0. The number of morpholine rings is 1. The van der Waals surface area contributed by atoms with Crippen LogP contribution in [0.1, 0.15) is 16.1 Å². The van der Waals surface area contributed by atoms with Crippen molar-refractivity contribution in [2.24, 2.45) is 0 Å². The van der Waals surface area contributed by atoms with Crippen molar-refractivity contribution in [2.45, 2.75) is 6.92 Å². The van der Waals surface area contributed by atoms with Gasteiger partial charge in [0.25, 0.3) is 5.91 Å². The van der Waals surface area contributed by atoms with Crippen molar-refractivity contribution in [1.82, 2.24) is 9.88 Å². The highest BCUT2D eigenvalue weighted by molar-refractivity contribution is 7.16. The molecule has 0 radical (unpaired) electrons. The smallest absolute Gasteiger partial charge is 0.256 e. The van der Waals surface area contributed by atoms with Crippen LogP contribution >= 0.6 is 11.3 Å². The van der Waals surface area contributed by atoms with E-state index >= 15 is 0 Å². The van der Waals surface area contributed by atoms with E-state index in [1.807, 2.05) is 35.4 Å². The third-order valence-electron chi connectivity index (χ3n) is 4.37. The maximum atomic E-state index is 13.2. The zero-order valence-corrected chi connectivity index (χ0v) is 14.3. The lowest BCUT2D eigenvalue weighted by atomic mass is 9.95. The average molecular weight is 338 g/mol. The third kappa shape index (κ3) is 2.60. The normalized spacial score (nSPS) is 15.0. The number of fused-ring (bicyclic) bond motifs is 1. The van der Waals surface area contributed by atoms with Crippen molar-refractivity contribution in [2.75, 3.05) is 26.3 Å². The van der Waals surface area contributed by atoms with Crippen molar-refractivity contribution in [3.05, 3.63) is 53.0 Å². The highest BCUT2D eigenvalue weighted by atomic mass is 32.1. The number of thiophene rings is 1. The summed E-state index contributed by atoms with van der Waals surface area (Å²) in [5.74, 6) is 0.0512. The van der Waals surface area contributed by atoms with E-state index in [9.17, 15) is 4.79 Å². The van der Waals surface area contributed by atoms with Crippen LogP contribution in [-0.2, 0) is 4.74 Å². The molecule has 1 aliphatic rings. The van der Waals surface area contributed by atoms with Gasteiger partial charge in [0.05, 0.1) is 24.5 Å². The molecule has 0 unspecified atom stereocenters. The molecule has 1 aromatic carbocycles. The highest BCUT2D eigenvalue weighted by Gasteiger charge is 2.26. The number of nitrogens with zero attached hydrogens (tertiary/aromatic N) is 2. The quantitative estimate of drug-likeness (QED) is 0.715. The van der Waals surface area contributed by atoms with Gasteiger partial charge in [0.1, 0.15) is 4.83 Å². The molecule has 0 bridgehead atoms. The van der Waals surface area contributed by atoms with Gasteiger partial charge in [-0.15, -0.1) is 11.3 Å². The van der Waals surface area contributed by atoms with Crippen molar-refractivity contribution >= 4 is 27.5 Å². The number of hydrogen-bond acceptors (Lipinski definition) is 4. The topological polar surface area (TPSA) is 42.4 Å². The fraction of sp³-hybridized carbons (Fsp3) is 0.263. The summed E-state index contributed by atoms with van der Waals surface area (Å²) in [6, 6.07) is 12.2. The average Bonchev–Trinajstić information content (AvgIpc) is 3.09. The molecule has 0 aliphatic carbocycles. The molecule has 1 aliphatic heterocycles. The van der Waals surface area contributed by atoms with E-state index < -0.39 is 0 Å². The molecule has 1 saturated heterocycles. The van der Waals surface area contributed by atoms with Gasteiger partial charge in [-0.25, -0.2) is 4.98 Å². The monoisotopic (exact) mass is 338 g/mol. The number of aryl methyl sites for hydroxylation is 1. The number of ether oxygens (including phenoxy) is 1. The minimum Gasteiger partial charge on any atom is -0.378 e. The summed E-state index contributed by atoms with van der Waals surface area (Å²) in [4.78, 5) is 20.7. The Kier molecular flexibility index (Phi) is 4.04. The van der Waals surface area contributed by atoms with E-state index in [2.05, 4.69) is 23.2 Å². The molecular weight excluding hydrogens is 320 g/mol. The molecular formula is C19H18N2O2S. The van der Waals surface area contributed by atoms with Crippen LogP contribution in [0.3, 0.4) is 0 Å². The van der Waals surface area contributed by atoms with Gasteiger partial charge in [0.15, 0.2) is 0 Å². The first kappa shape index (κ1) is 15.3. The molecule has 3 aromatic rings. The largest absolute Gasteiger partial charge is 0.378 e. The van der Waals surface area contributed by atoms with Gasteiger partial charge in [-0.1, -0.05) is 30.3 Å². The Morgan fingerprint density at radius 2 is 1.92 bits per heavy atom. The molecule has 1 amide bonds. The Morgan fingerprint density at radius 1 is 1.17 bits per heavy atom. The second kappa shape index (κ2) is 6.34. The molecule has 4 nitrogen and oxygen atoms in total. The zero-order valence-electron chi connectivity index (χ0n) is 13.5. The van der Waals surface area contributed by atoms with Crippen LogP contribution in [0.25, 0.3) is 21.3 Å². The molecule has 2 aromatic heterocycles. The lowest BCUT2D eigenvalue weighted by Crippen LogP contribution is -2.41. The lowest BCUT2D eigenvalue weighted by molar-refractivity contribution is 0.0302. The van der Waals surface area contributed by atoms with Crippen LogP contribution in [-0.4, -0.2) is 42.1 Å². The number of carbonyl (C=O) groups is 1. The molecule has 0 atom stereocenters. The Hall–Kier alpha value is -2.24. The number of amides is 1. The predicted molar refractivity (Wildman–Crippen MR) is 96.5 cm³/mol. The standard InChI is InChI=1S/C19H18N2O2S/c1-13-16(19(22)21-8-10-23-11-9-21)17(14-5-3-2-4-6-14)15-7-12-24-18(15)20-13/h2-7,12H,8-11H2,1H3. The predicted octanol–water partition coefficient (Wildman–Crippen LogP) is 3.74. The second-order valence-corrected chi connectivity index (χ2v) is 6.75. The molecule has 122 valence electrons. The summed E-state index contributed by atoms with van der Waals surface area (Å²) >= 11 is 1.61. The van der Waals surface area contributed by atoms with E-state index in [1.165, 1.54) is 0 Å². The maximum Gasteiger partial charge on any atom is 0.256 e. The maximum absolute atomic E-state index is 13.2. The second-order valence-electron chi connectivity index (χ2n) is 5.86. The first-order chi connectivity index (χ1) is 11.8. The van der Waals surface area contributed by atoms with Crippen LogP contribution in [0.4, 0.5) is 0 Å². The summed E-state index contributed by atoms with van der Waals surface area (Å²) in [5.41, 5.74) is 3.56. The minimum absolute atomic E-state index is 0.0512. The summed E-state index contributed by atoms with van der Waals surface area (Å²) in [5, 5.41) is 3.08. The Bertz CT molecular complexity index is 883. The van der Waals surface area contributed by atoms with Crippen LogP contribution in [0, 0.1) is 6.92 Å². The van der Waals surface area contributed by atoms with E-state index in [4.69, 9.17) is 4.74 Å². The highest BCUT2D eigenvalue weighted by Crippen LogP contribution is 2.35. The molecule has 4 rings (SSSR count). The fourth-order valence-corrected chi connectivity index (χ4v) is 4.01. The number of aromatic nitrogens is 1. The Balaban J connectivity index is 1.93. The van der Waals surface area contributed by atoms with Crippen LogP contribution < -0.4 is 0 Å². The SMILES string of the molecule is Cc1nc2sccc2c(-c2ccccc2)c1C(=O)N1CCOCC1. The van der Waals surface area contributed by atoms with E-state index in [-0.39, 0.29) is 5.91 Å². The number of rotatable bonds is 2. The number of pyridine rings is 1. The summed E-state index contributed by atoms with van der Waals surface area (Å²) in [6.45, 7) is 4.39. The summed E-state index contributed by atoms with van der Waals surface area (Å²) in [6.07, 6.45) is 0. The van der Waals surface area contributed by atoms with Gasteiger partial charge in [0, 0.05) is 24.0 Å². The third-order valence-corrected chi connectivity index (χ3v) is 5.18. The number of carbonyl (C=O) groups excluding carboxylic acids is 1. The van der Waals surface area contributed by atoms with Gasteiger partial charge in [0.2, 0.25) is 0 Å².